The number of hydrazone groups is 1. The van der Waals surface area contributed by atoms with Crippen LogP contribution in [0.15, 0.2) is 88.4 Å². The quantitative estimate of drug-likeness (QED) is 0.328. The largest absolute Gasteiger partial charge is 0.273 e. The van der Waals surface area contributed by atoms with Crippen LogP contribution in [0.1, 0.15) is 30.5 Å². The molecule has 5 rings (SSSR count). The monoisotopic (exact) mass is 442 g/mol. The van der Waals surface area contributed by atoms with Gasteiger partial charge in [0.15, 0.2) is 0 Å². The van der Waals surface area contributed by atoms with Gasteiger partial charge in [0, 0.05) is 17.8 Å². The summed E-state index contributed by atoms with van der Waals surface area (Å²) < 4.78 is 1.03. The lowest BCUT2D eigenvalue weighted by Gasteiger charge is -2.24. The lowest BCUT2D eigenvalue weighted by atomic mass is 9.89. The highest BCUT2D eigenvalue weighted by Crippen LogP contribution is 2.40. The Morgan fingerprint density at radius 3 is 2.10 bits per heavy atom. The highest BCUT2D eigenvalue weighted by atomic mass is 79.9. The zero-order valence-corrected chi connectivity index (χ0v) is 17.6. The van der Waals surface area contributed by atoms with Gasteiger partial charge in [0.2, 0.25) is 5.91 Å². The zero-order chi connectivity index (χ0) is 20.0. The highest BCUT2D eigenvalue weighted by molar-refractivity contribution is 9.10. The maximum Gasteiger partial charge on any atom is 0.240 e. The summed E-state index contributed by atoms with van der Waals surface area (Å²) >= 11 is 3.49. The smallest absolute Gasteiger partial charge is 0.240 e. The van der Waals surface area contributed by atoms with Crippen molar-refractivity contribution in [3.63, 3.8) is 0 Å². The molecule has 0 spiro atoms. The Bertz CT molecular complexity index is 1220. The summed E-state index contributed by atoms with van der Waals surface area (Å²) in [7, 11) is 0. The summed E-state index contributed by atoms with van der Waals surface area (Å²) in [5, 5.41) is 11.1. The topological polar surface area (TPSA) is 32.7 Å². The number of fused-ring (bicyclic) bond motifs is 2. The Hall–Kier alpha value is -2.98. The molecule has 1 atom stereocenters. The minimum atomic E-state index is -0.123. The molecule has 29 heavy (non-hydrogen) atoms. The summed E-state index contributed by atoms with van der Waals surface area (Å²) in [6.07, 6.45) is 0.694. The summed E-state index contributed by atoms with van der Waals surface area (Å²) in [6, 6.07) is 27.0. The normalized spacial score (nSPS) is 16.4. The third-order valence-electron chi connectivity index (χ3n) is 5.56. The molecule has 1 aliphatic heterocycles. The van der Waals surface area contributed by atoms with E-state index in [0.29, 0.717) is 6.42 Å². The molecular formula is C25H19BrN2O. The van der Waals surface area contributed by atoms with Crippen molar-refractivity contribution in [3.05, 3.63) is 94.5 Å². The summed E-state index contributed by atoms with van der Waals surface area (Å²) in [5.41, 5.74) is 3.16. The van der Waals surface area contributed by atoms with Crippen molar-refractivity contribution in [1.29, 1.82) is 0 Å². The van der Waals surface area contributed by atoms with Gasteiger partial charge in [0.05, 0.1) is 11.8 Å². The fraction of sp³-hybridized carbons (Fsp3) is 0.120. The standard InChI is InChI=1S/C25H19BrN2O/c1-16(29)28-24(15-23(27-28)17-10-12-20(26)13-11-17)25-21-8-4-2-6-18(21)14-19-7-3-5-9-22(19)25/h2-14,24H,15H2,1H3/t24-/m0/s1. The van der Waals surface area contributed by atoms with E-state index in [4.69, 9.17) is 5.10 Å². The SMILES string of the molecule is CC(=O)N1N=C(c2ccc(Br)cc2)C[C@H]1c1c2ccccc2cc2ccccc12. The second-order valence-corrected chi connectivity index (χ2v) is 8.29. The van der Waals surface area contributed by atoms with Gasteiger partial charge < -0.3 is 0 Å². The molecule has 4 aromatic carbocycles. The van der Waals surface area contributed by atoms with Gasteiger partial charge in [-0.05, 0) is 50.9 Å². The summed E-state index contributed by atoms with van der Waals surface area (Å²) in [4.78, 5) is 12.5. The van der Waals surface area contributed by atoms with Gasteiger partial charge in [0.1, 0.15) is 0 Å². The van der Waals surface area contributed by atoms with E-state index < -0.39 is 0 Å². The number of carbonyl (C=O) groups is 1. The van der Waals surface area contributed by atoms with Crippen LogP contribution in [0, 0.1) is 0 Å². The first-order chi connectivity index (χ1) is 14.1. The van der Waals surface area contributed by atoms with E-state index in [0.717, 1.165) is 15.7 Å². The minimum absolute atomic E-state index is 0.0425. The van der Waals surface area contributed by atoms with E-state index in [1.165, 1.54) is 27.1 Å². The van der Waals surface area contributed by atoms with Crippen LogP contribution in [0.5, 0.6) is 0 Å². The van der Waals surface area contributed by atoms with Crippen LogP contribution < -0.4 is 0 Å². The molecule has 0 fully saturated rings. The van der Waals surface area contributed by atoms with Crippen LogP contribution in [0.4, 0.5) is 0 Å². The number of hydrogen-bond donors (Lipinski definition) is 0. The van der Waals surface area contributed by atoms with E-state index in [1.54, 1.807) is 11.9 Å². The van der Waals surface area contributed by atoms with Crippen LogP contribution in [0.3, 0.4) is 0 Å². The van der Waals surface area contributed by atoms with Gasteiger partial charge in [-0.25, -0.2) is 5.01 Å². The Morgan fingerprint density at radius 2 is 1.52 bits per heavy atom. The average molecular weight is 443 g/mol. The number of benzene rings is 4. The third kappa shape index (κ3) is 3.14. The highest BCUT2D eigenvalue weighted by Gasteiger charge is 2.33. The first-order valence-electron chi connectivity index (χ1n) is 9.65. The number of nitrogens with zero attached hydrogens (tertiary/aromatic N) is 2. The number of rotatable bonds is 2. The molecule has 0 saturated heterocycles. The molecule has 142 valence electrons. The van der Waals surface area contributed by atoms with Crippen molar-refractivity contribution in [3.8, 4) is 0 Å². The average Bonchev–Trinajstić information content (AvgIpc) is 3.18. The second-order valence-electron chi connectivity index (χ2n) is 7.37. The van der Waals surface area contributed by atoms with Gasteiger partial charge in [-0.15, -0.1) is 0 Å². The van der Waals surface area contributed by atoms with Crippen molar-refractivity contribution in [1.82, 2.24) is 5.01 Å². The zero-order valence-electron chi connectivity index (χ0n) is 16.0. The predicted octanol–water partition coefficient (Wildman–Crippen LogP) is 6.45. The van der Waals surface area contributed by atoms with Crippen molar-refractivity contribution in [2.24, 2.45) is 5.10 Å². The Morgan fingerprint density at radius 1 is 0.931 bits per heavy atom. The van der Waals surface area contributed by atoms with E-state index in [1.807, 2.05) is 24.3 Å². The first-order valence-corrected chi connectivity index (χ1v) is 10.4. The lowest BCUT2D eigenvalue weighted by molar-refractivity contribution is -0.130. The molecule has 0 saturated carbocycles. The van der Waals surface area contributed by atoms with E-state index >= 15 is 0 Å². The molecule has 0 bridgehead atoms. The molecule has 1 aliphatic rings. The fourth-order valence-electron chi connectivity index (χ4n) is 4.25. The van der Waals surface area contributed by atoms with Crippen LogP contribution in [0.25, 0.3) is 21.5 Å². The molecule has 0 aromatic heterocycles. The molecule has 4 heteroatoms. The van der Waals surface area contributed by atoms with Gasteiger partial charge in [-0.3, -0.25) is 4.79 Å². The first kappa shape index (κ1) is 18.1. The number of halogens is 1. The fourth-order valence-corrected chi connectivity index (χ4v) is 4.51. The van der Waals surface area contributed by atoms with Gasteiger partial charge >= 0.3 is 0 Å². The molecule has 3 nitrogen and oxygen atoms in total. The number of carbonyl (C=O) groups excluding carboxylic acids is 1. The summed E-state index contributed by atoms with van der Waals surface area (Å²) in [5.74, 6) is -0.0425. The molecule has 0 unspecified atom stereocenters. The van der Waals surface area contributed by atoms with Crippen molar-refractivity contribution in [2.45, 2.75) is 19.4 Å². The molecule has 0 radical (unpaired) electrons. The van der Waals surface area contributed by atoms with Crippen LogP contribution in [-0.2, 0) is 4.79 Å². The van der Waals surface area contributed by atoms with Crippen molar-refractivity contribution < 1.29 is 4.79 Å². The molecule has 1 amide bonds. The molecule has 0 aliphatic carbocycles. The maximum atomic E-state index is 12.5. The molecule has 4 aromatic rings. The van der Waals surface area contributed by atoms with E-state index in [2.05, 4.69) is 70.5 Å². The van der Waals surface area contributed by atoms with Gasteiger partial charge in [0.25, 0.3) is 0 Å². The Balaban J connectivity index is 1.71. The maximum absolute atomic E-state index is 12.5. The van der Waals surface area contributed by atoms with E-state index in [9.17, 15) is 4.79 Å². The molecular weight excluding hydrogens is 424 g/mol. The summed E-state index contributed by atoms with van der Waals surface area (Å²) in [6.45, 7) is 1.59. The minimum Gasteiger partial charge on any atom is -0.273 e. The number of hydrogen-bond acceptors (Lipinski definition) is 2. The van der Waals surface area contributed by atoms with Gasteiger partial charge in [-0.2, -0.15) is 5.10 Å². The Kier molecular flexibility index (Phi) is 4.44. The second kappa shape index (κ2) is 7.12. The molecule has 1 heterocycles. The predicted molar refractivity (Wildman–Crippen MR) is 122 cm³/mol. The Labute approximate surface area is 177 Å². The van der Waals surface area contributed by atoms with Crippen LogP contribution in [0.2, 0.25) is 0 Å². The van der Waals surface area contributed by atoms with Gasteiger partial charge in [-0.1, -0.05) is 76.6 Å². The van der Waals surface area contributed by atoms with Crippen molar-refractivity contribution in [2.75, 3.05) is 0 Å². The third-order valence-corrected chi connectivity index (χ3v) is 6.09. The van der Waals surface area contributed by atoms with Crippen molar-refractivity contribution >= 4 is 49.1 Å². The van der Waals surface area contributed by atoms with Crippen LogP contribution in [-0.4, -0.2) is 16.6 Å². The van der Waals surface area contributed by atoms with Crippen LogP contribution >= 0.6 is 15.9 Å². The molecule has 0 N–H and O–H groups in total. The van der Waals surface area contributed by atoms with E-state index in [-0.39, 0.29) is 11.9 Å². The number of amides is 1. The lowest BCUT2D eigenvalue weighted by Crippen LogP contribution is -2.24.